The van der Waals surface area contributed by atoms with Gasteiger partial charge in [0.1, 0.15) is 6.54 Å². The predicted octanol–water partition coefficient (Wildman–Crippen LogP) is 4.56. The Balaban J connectivity index is 1.69. The number of nitrogens with zero attached hydrogens (tertiary/aromatic N) is 2. The number of halogens is 5. The summed E-state index contributed by atoms with van der Waals surface area (Å²) in [4.78, 5) is 16.2. The number of anilines is 1. The third-order valence-corrected chi connectivity index (χ3v) is 4.49. The number of ether oxygens (including phenoxy) is 2. The normalized spacial score (nSPS) is 11.4. The van der Waals surface area contributed by atoms with E-state index in [1.54, 1.807) is 13.0 Å². The van der Waals surface area contributed by atoms with Crippen molar-refractivity contribution in [2.24, 2.45) is 0 Å². The van der Waals surface area contributed by atoms with Crippen molar-refractivity contribution in [2.45, 2.75) is 26.3 Å². The van der Waals surface area contributed by atoms with E-state index in [-0.39, 0.29) is 35.3 Å². The molecule has 0 aliphatic carbocycles. The lowest BCUT2D eigenvalue weighted by Gasteiger charge is -2.11. The molecule has 0 spiro atoms. The van der Waals surface area contributed by atoms with Gasteiger partial charge < -0.3 is 24.6 Å². The van der Waals surface area contributed by atoms with E-state index in [0.717, 1.165) is 5.56 Å². The second-order valence-electron chi connectivity index (χ2n) is 6.94. The summed E-state index contributed by atoms with van der Waals surface area (Å²) in [6, 6.07) is 8.55. The highest BCUT2D eigenvalue weighted by atomic mass is 19.4. The molecule has 34 heavy (non-hydrogen) atoms. The number of rotatable bonds is 9. The van der Waals surface area contributed by atoms with E-state index in [1.165, 1.54) is 37.4 Å². The number of hydrogen-bond donors (Lipinski definition) is 2. The maximum Gasteiger partial charge on any atom is 0.405 e. The fourth-order valence-corrected chi connectivity index (χ4v) is 2.85. The second kappa shape index (κ2) is 10.4. The topological polar surface area (TPSA) is 98.5 Å². The lowest BCUT2D eigenvalue weighted by Crippen LogP contribution is -2.33. The summed E-state index contributed by atoms with van der Waals surface area (Å²) in [7, 11) is 1.29. The molecule has 0 radical (unpaired) electrons. The molecule has 0 saturated carbocycles. The standard InChI is InChI=1S/C21H19F5N4O4/c1-11-3-4-13(19(31)28-10-21(24,25)26)7-14(11)27-9-17-29-18(30-34-17)12-5-6-15(33-20(22)23)16(8-12)32-2/h3-8,20,27H,9-10H2,1-2H3,(H,28,31). The smallest absolute Gasteiger partial charge is 0.405 e. The van der Waals surface area contributed by atoms with Gasteiger partial charge in [0.15, 0.2) is 11.5 Å². The zero-order chi connectivity index (χ0) is 24.9. The van der Waals surface area contributed by atoms with Crippen LogP contribution in [0.2, 0.25) is 0 Å². The lowest BCUT2D eigenvalue weighted by molar-refractivity contribution is -0.123. The maximum atomic E-state index is 12.5. The van der Waals surface area contributed by atoms with Gasteiger partial charge in [0.05, 0.1) is 13.7 Å². The Hall–Kier alpha value is -3.90. The van der Waals surface area contributed by atoms with Crippen LogP contribution in [0.15, 0.2) is 40.9 Å². The first-order chi connectivity index (χ1) is 16.1. The van der Waals surface area contributed by atoms with Gasteiger partial charge in [-0.15, -0.1) is 0 Å². The quantitative estimate of drug-likeness (QED) is 0.428. The molecule has 0 unspecified atom stereocenters. The number of alkyl halides is 5. The number of carbonyl (C=O) groups is 1. The first-order valence-electron chi connectivity index (χ1n) is 9.71. The predicted molar refractivity (Wildman–Crippen MR) is 110 cm³/mol. The molecule has 3 aromatic rings. The van der Waals surface area contributed by atoms with Crippen LogP contribution in [-0.2, 0) is 6.54 Å². The Morgan fingerprint density at radius 2 is 1.91 bits per heavy atom. The van der Waals surface area contributed by atoms with Crippen molar-refractivity contribution in [1.82, 2.24) is 15.5 Å². The van der Waals surface area contributed by atoms with Crippen molar-refractivity contribution in [1.29, 1.82) is 0 Å². The summed E-state index contributed by atoms with van der Waals surface area (Å²) in [5.74, 6) is -0.641. The van der Waals surface area contributed by atoms with Gasteiger partial charge in [0.25, 0.3) is 5.91 Å². The van der Waals surface area contributed by atoms with E-state index >= 15 is 0 Å². The molecule has 0 fully saturated rings. The van der Waals surface area contributed by atoms with E-state index in [4.69, 9.17) is 9.26 Å². The fourth-order valence-electron chi connectivity index (χ4n) is 2.85. The van der Waals surface area contributed by atoms with Gasteiger partial charge in [-0.1, -0.05) is 11.2 Å². The zero-order valence-electron chi connectivity index (χ0n) is 17.9. The van der Waals surface area contributed by atoms with Gasteiger partial charge >= 0.3 is 12.8 Å². The van der Waals surface area contributed by atoms with Crippen LogP contribution in [-0.4, -0.2) is 42.5 Å². The van der Waals surface area contributed by atoms with Crippen molar-refractivity contribution < 1.29 is 40.7 Å². The Labute approximate surface area is 190 Å². The van der Waals surface area contributed by atoms with Crippen molar-refractivity contribution in [3.63, 3.8) is 0 Å². The molecule has 1 heterocycles. The third-order valence-electron chi connectivity index (χ3n) is 4.49. The first-order valence-corrected chi connectivity index (χ1v) is 9.71. The van der Waals surface area contributed by atoms with Gasteiger partial charge in [-0.25, -0.2) is 0 Å². The summed E-state index contributed by atoms with van der Waals surface area (Å²) < 4.78 is 76.5. The van der Waals surface area contributed by atoms with Crippen LogP contribution in [0.1, 0.15) is 21.8 Å². The van der Waals surface area contributed by atoms with Crippen molar-refractivity contribution in [3.05, 3.63) is 53.4 Å². The highest BCUT2D eigenvalue weighted by Gasteiger charge is 2.28. The molecule has 0 aliphatic rings. The molecule has 0 atom stereocenters. The van der Waals surface area contributed by atoms with Crippen LogP contribution in [0.4, 0.5) is 27.6 Å². The van der Waals surface area contributed by atoms with Crippen LogP contribution in [0.5, 0.6) is 11.5 Å². The Morgan fingerprint density at radius 1 is 1.15 bits per heavy atom. The number of hydrogen-bond acceptors (Lipinski definition) is 7. The maximum absolute atomic E-state index is 12.5. The second-order valence-corrected chi connectivity index (χ2v) is 6.94. The van der Waals surface area contributed by atoms with Gasteiger partial charge in [-0.2, -0.15) is 26.9 Å². The number of nitrogens with one attached hydrogen (secondary N) is 2. The third kappa shape index (κ3) is 6.56. The van der Waals surface area contributed by atoms with Crippen molar-refractivity contribution in [2.75, 3.05) is 19.0 Å². The molecule has 0 bridgehead atoms. The number of aromatic nitrogens is 2. The van der Waals surface area contributed by atoms with Crippen LogP contribution in [0, 0.1) is 6.92 Å². The molecule has 2 aromatic carbocycles. The summed E-state index contributed by atoms with van der Waals surface area (Å²) in [5.41, 5.74) is 1.68. The Bertz CT molecular complexity index is 1150. The highest BCUT2D eigenvalue weighted by Crippen LogP contribution is 2.32. The first kappa shape index (κ1) is 24.7. The van der Waals surface area contributed by atoms with E-state index in [2.05, 4.69) is 20.2 Å². The minimum absolute atomic E-state index is 0.0433. The number of amides is 1. The molecular weight excluding hydrogens is 467 g/mol. The minimum Gasteiger partial charge on any atom is -0.493 e. The van der Waals surface area contributed by atoms with Gasteiger partial charge in [0, 0.05) is 16.8 Å². The molecule has 0 aliphatic heterocycles. The highest BCUT2D eigenvalue weighted by molar-refractivity contribution is 5.95. The zero-order valence-corrected chi connectivity index (χ0v) is 17.9. The number of aryl methyl sites for hydroxylation is 1. The molecule has 13 heteroatoms. The molecule has 1 amide bonds. The van der Waals surface area contributed by atoms with Crippen LogP contribution in [0.3, 0.4) is 0 Å². The van der Waals surface area contributed by atoms with E-state index in [0.29, 0.717) is 11.3 Å². The average Bonchev–Trinajstić information content (AvgIpc) is 3.25. The Kier molecular flexibility index (Phi) is 7.54. The summed E-state index contributed by atoms with van der Waals surface area (Å²) in [6.07, 6.45) is -4.52. The number of carbonyl (C=O) groups excluding carboxylic acids is 1. The largest absolute Gasteiger partial charge is 0.493 e. The van der Waals surface area contributed by atoms with E-state index < -0.39 is 25.2 Å². The Morgan fingerprint density at radius 3 is 2.59 bits per heavy atom. The van der Waals surface area contributed by atoms with Crippen molar-refractivity contribution in [3.8, 4) is 22.9 Å². The molecule has 182 valence electrons. The summed E-state index contributed by atoms with van der Waals surface area (Å²) >= 11 is 0. The van der Waals surface area contributed by atoms with Gasteiger partial charge in [-0.3, -0.25) is 4.79 Å². The SMILES string of the molecule is COc1cc(-c2noc(CNc3cc(C(=O)NCC(F)(F)F)ccc3C)n2)ccc1OC(F)F. The number of methoxy groups -OCH3 is 1. The van der Waals surface area contributed by atoms with Crippen molar-refractivity contribution >= 4 is 11.6 Å². The lowest BCUT2D eigenvalue weighted by atomic mass is 10.1. The summed E-state index contributed by atoms with van der Waals surface area (Å²) in [6.45, 7) is -2.66. The van der Waals surface area contributed by atoms with Gasteiger partial charge in [-0.05, 0) is 42.8 Å². The molecule has 0 saturated heterocycles. The number of benzene rings is 2. The molecule has 2 N–H and O–H groups in total. The molecule has 3 rings (SSSR count). The van der Waals surface area contributed by atoms with E-state index in [1.807, 2.05) is 5.32 Å². The fraction of sp³-hybridized carbons (Fsp3) is 0.286. The van der Waals surface area contributed by atoms with E-state index in [9.17, 15) is 26.7 Å². The monoisotopic (exact) mass is 486 g/mol. The molecule has 8 nitrogen and oxygen atoms in total. The van der Waals surface area contributed by atoms with Crippen LogP contribution in [0.25, 0.3) is 11.4 Å². The van der Waals surface area contributed by atoms with Crippen LogP contribution >= 0.6 is 0 Å². The molecular formula is C21H19F5N4O4. The average molecular weight is 486 g/mol. The minimum atomic E-state index is -4.52. The molecule has 1 aromatic heterocycles. The van der Waals surface area contributed by atoms with Gasteiger partial charge in [0.2, 0.25) is 11.7 Å². The van der Waals surface area contributed by atoms with Crippen LogP contribution < -0.4 is 20.1 Å². The summed E-state index contributed by atoms with van der Waals surface area (Å²) in [5, 5.41) is 8.64.